The van der Waals surface area contributed by atoms with E-state index in [4.69, 9.17) is 0 Å². The highest BCUT2D eigenvalue weighted by Crippen LogP contribution is 2.33. The van der Waals surface area contributed by atoms with E-state index in [1.165, 1.54) is 12.3 Å². The Morgan fingerprint density at radius 1 is 0.906 bits per heavy atom. The average Bonchev–Trinajstić information content (AvgIpc) is 2.81. The summed E-state index contributed by atoms with van der Waals surface area (Å²) in [5.74, 6) is 4.99. The lowest BCUT2D eigenvalue weighted by atomic mass is 10.0. The van der Waals surface area contributed by atoms with E-state index in [0.717, 1.165) is 11.5 Å². The molecule has 2 aromatic heterocycles. The first kappa shape index (κ1) is 21.1. The molecule has 0 fully saturated rings. The van der Waals surface area contributed by atoms with Gasteiger partial charge in [-0.25, -0.2) is 0 Å². The molecule has 32 heavy (non-hydrogen) atoms. The smallest absolute Gasteiger partial charge is 0.333 e. The number of fused-ring (bicyclic) bond motifs is 1. The Labute approximate surface area is 182 Å². The van der Waals surface area contributed by atoms with Crippen LogP contribution in [0.5, 0.6) is 0 Å². The molecular formula is C25H16F3N3O. The molecule has 0 aliphatic carbocycles. The topological polar surface area (TPSA) is 54.9 Å². The van der Waals surface area contributed by atoms with Gasteiger partial charge < -0.3 is 5.32 Å². The minimum Gasteiger partial charge on any atom is -0.333 e. The quantitative estimate of drug-likeness (QED) is 0.455. The molecule has 1 atom stereocenters. The number of alkyl halides is 3. The van der Waals surface area contributed by atoms with Crippen LogP contribution >= 0.6 is 0 Å². The third kappa shape index (κ3) is 4.76. The van der Waals surface area contributed by atoms with Crippen molar-refractivity contribution in [3.63, 3.8) is 0 Å². The van der Waals surface area contributed by atoms with E-state index in [1.54, 1.807) is 60.8 Å². The van der Waals surface area contributed by atoms with Gasteiger partial charge in [0, 0.05) is 28.9 Å². The molecule has 158 valence electrons. The van der Waals surface area contributed by atoms with Crippen LogP contribution in [-0.4, -0.2) is 15.9 Å². The summed E-state index contributed by atoms with van der Waals surface area (Å²) in [4.78, 5) is 21.0. The fraction of sp³-hybridized carbons (Fsp3) is 0.0800. The Morgan fingerprint density at radius 3 is 2.44 bits per heavy atom. The lowest BCUT2D eigenvalue weighted by molar-refractivity contribution is -0.138. The molecule has 2 heterocycles. The molecule has 4 nitrogen and oxygen atoms in total. The zero-order valence-electron chi connectivity index (χ0n) is 16.6. The van der Waals surface area contributed by atoms with Crippen LogP contribution < -0.4 is 5.32 Å². The van der Waals surface area contributed by atoms with E-state index < -0.39 is 23.7 Å². The summed E-state index contributed by atoms with van der Waals surface area (Å²) in [6.07, 6.45) is -1.80. The van der Waals surface area contributed by atoms with Crippen molar-refractivity contribution in [2.45, 2.75) is 12.2 Å². The van der Waals surface area contributed by atoms with Gasteiger partial charge in [0.2, 0.25) is 0 Å². The zero-order valence-corrected chi connectivity index (χ0v) is 16.6. The van der Waals surface area contributed by atoms with Crippen LogP contribution in [0.15, 0.2) is 85.2 Å². The first-order valence-corrected chi connectivity index (χ1v) is 9.66. The predicted octanol–water partition coefficient (Wildman–Crippen LogP) is 5.17. The summed E-state index contributed by atoms with van der Waals surface area (Å²) in [6, 6.07) is 18.1. The first-order chi connectivity index (χ1) is 15.4. The number of carbonyl (C=O) groups excluding carboxylic acids is 1. The monoisotopic (exact) mass is 431 g/mol. The number of benzene rings is 2. The maximum absolute atomic E-state index is 13.6. The highest BCUT2D eigenvalue weighted by Gasteiger charge is 2.36. The minimum absolute atomic E-state index is 0.257. The Balaban J connectivity index is 1.72. The fourth-order valence-corrected chi connectivity index (χ4v) is 3.16. The van der Waals surface area contributed by atoms with Gasteiger partial charge in [-0.1, -0.05) is 42.2 Å². The molecule has 0 aliphatic rings. The number of halogens is 3. The molecule has 4 rings (SSSR count). The zero-order chi connectivity index (χ0) is 22.6. The summed E-state index contributed by atoms with van der Waals surface area (Å²) in [7, 11) is 0. The van der Waals surface area contributed by atoms with Crippen LogP contribution in [0, 0.1) is 11.8 Å². The lowest BCUT2D eigenvalue weighted by Crippen LogP contribution is -2.30. The summed E-state index contributed by atoms with van der Waals surface area (Å²) < 4.78 is 40.8. The van der Waals surface area contributed by atoms with Gasteiger partial charge in [0.1, 0.15) is 6.04 Å². The molecule has 2 aromatic carbocycles. The van der Waals surface area contributed by atoms with E-state index in [2.05, 4.69) is 27.1 Å². The summed E-state index contributed by atoms with van der Waals surface area (Å²) in [5.41, 5.74) is 0.141. The summed E-state index contributed by atoms with van der Waals surface area (Å²) in [6.45, 7) is 0. The molecule has 0 radical (unpaired) electrons. The van der Waals surface area contributed by atoms with Crippen LogP contribution in [-0.2, 0) is 6.18 Å². The average molecular weight is 431 g/mol. The SMILES string of the molecule is O=C(NC(C#Cc1ccccc1)c1ncccc1C(F)(F)F)c1ccc2cccnc2c1. The molecule has 0 bridgehead atoms. The second kappa shape index (κ2) is 8.90. The highest BCUT2D eigenvalue weighted by atomic mass is 19.4. The Morgan fingerprint density at radius 2 is 1.66 bits per heavy atom. The second-order valence-electron chi connectivity index (χ2n) is 6.89. The maximum Gasteiger partial charge on any atom is 0.418 e. The third-order valence-corrected chi connectivity index (χ3v) is 4.70. The van der Waals surface area contributed by atoms with Crippen molar-refractivity contribution in [2.24, 2.45) is 0 Å². The highest BCUT2D eigenvalue weighted by molar-refractivity contribution is 5.98. The van der Waals surface area contributed by atoms with Gasteiger partial charge >= 0.3 is 6.18 Å². The minimum atomic E-state index is -4.64. The van der Waals surface area contributed by atoms with E-state index in [-0.39, 0.29) is 11.3 Å². The molecule has 1 unspecified atom stereocenters. The number of rotatable bonds is 3. The summed E-state index contributed by atoms with van der Waals surface area (Å²) >= 11 is 0. The number of amides is 1. The van der Waals surface area contributed by atoms with Gasteiger partial charge in [-0.3, -0.25) is 14.8 Å². The molecule has 1 N–H and O–H groups in total. The van der Waals surface area contributed by atoms with Crippen molar-refractivity contribution in [1.29, 1.82) is 0 Å². The number of carbonyl (C=O) groups is 1. The molecule has 1 amide bonds. The van der Waals surface area contributed by atoms with Crippen LogP contribution in [0.4, 0.5) is 13.2 Å². The largest absolute Gasteiger partial charge is 0.418 e. The molecule has 0 saturated heterocycles. The number of hydrogen-bond acceptors (Lipinski definition) is 3. The lowest BCUT2D eigenvalue weighted by Gasteiger charge is -2.18. The molecular weight excluding hydrogens is 415 g/mol. The van der Waals surface area contributed by atoms with Crippen molar-refractivity contribution in [3.05, 3.63) is 108 Å². The Bertz CT molecular complexity index is 1320. The number of nitrogens with zero attached hydrogens (tertiary/aromatic N) is 2. The van der Waals surface area contributed by atoms with E-state index in [1.807, 2.05) is 6.07 Å². The number of hydrogen-bond donors (Lipinski definition) is 1. The van der Waals surface area contributed by atoms with E-state index in [0.29, 0.717) is 11.1 Å². The molecule has 4 aromatic rings. The number of aromatic nitrogens is 2. The Kier molecular flexibility index (Phi) is 5.86. The second-order valence-corrected chi connectivity index (χ2v) is 6.89. The Hall–Kier alpha value is -4.18. The van der Waals surface area contributed by atoms with Crippen molar-refractivity contribution in [1.82, 2.24) is 15.3 Å². The molecule has 0 saturated carbocycles. The van der Waals surface area contributed by atoms with Crippen LogP contribution in [0.25, 0.3) is 10.9 Å². The van der Waals surface area contributed by atoms with Crippen LogP contribution in [0.3, 0.4) is 0 Å². The van der Waals surface area contributed by atoms with Crippen LogP contribution in [0.1, 0.15) is 33.2 Å². The van der Waals surface area contributed by atoms with Gasteiger partial charge in [0.05, 0.1) is 16.8 Å². The normalized spacial score (nSPS) is 12.0. The maximum atomic E-state index is 13.6. The number of nitrogens with one attached hydrogen (secondary N) is 1. The van der Waals surface area contributed by atoms with Crippen molar-refractivity contribution in [3.8, 4) is 11.8 Å². The van der Waals surface area contributed by atoms with Crippen molar-refractivity contribution < 1.29 is 18.0 Å². The van der Waals surface area contributed by atoms with Gasteiger partial charge in [-0.2, -0.15) is 13.2 Å². The van der Waals surface area contributed by atoms with Gasteiger partial charge in [-0.15, -0.1) is 0 Å². The van der Waals surface area contributed by atoms with E-state index in [9.17, 15) is 18.0 Å². The van der Waals surface area contributed by atoms with Crippen molar-refractivity contribution in [2.75, 3.05) is 0 Å². The first-order valence-electron chi connectivity index (χ1n) is 9.66. The fourth-order valence-electron chi connectivity index (χ4n) is 3.16. The van der Waals surface area contributed by atoms with Crippen LogP contribution in [0.2, 0.25) is 0 Å². The predicted molar refractivity (Wildman–Crippen MR) is 115 cm³/mol. The van der Waals surface area contributed by atoms with Gasteiger partial charge in [-0.05, 0) is 42.5 Å². The number of pyridine rings is 2. The standard InChI is InChI=1S/C25H16F3N3O/c26-25(27,28)20-9-5-15-30-23(20)21(13-10-17-6-2-1-3-7-17)31-24(32)19-12-11-18-8-4-14-29-22(18)16-19/h1-9,11-12,14-16,21H,(H,31,32). The van der Waals surface area contributed by atoms with Gasteiger partial charge in [0.15, 0.2) is 0 Å². The summed E-state index contributed by atoms with van der Waals surface area (Å²) in [5, 5.41) is 3.44. The third-order valence-electron chi connectivity index (χ3n) is 4.70. The van der Waals surface area contributed by atoms with E-state index >= 15 is 0 Å². The van der Waals surface area contributed by atoms with Crippen molar-refractivity contribution >= 4 is 16.8 Å². The molecule has 7 heteroatoms. The molecule has 0 spiro atoms. The van der Waals surface area contributed by atoms with Gasteiger partial charge in [0.25, 0.3) is 5.91 Å². The molecule has 0 aliphatic heterocycles.